The van der Waals surface area contributed by atoms with Crippen molar-refractivity contribution in [1.29, 1.82) is 0 Å². The minimum absolute atomic E-state index is 0.136. The molecule has 0 spiro atoms. The molecule has 3 nitrogen and oxygen atoms in total. The number of hydrogen-bond acceptors (Lipinski definition) is 2. The first kappa shape index (κ1) is 9.17. The summed E-state index contributed by atoms with van der Waals surface area (Å²) in [5.74, 6) is -0.136. The van der Waals surface area contributed by atoms with Gasteiger partial charge in [-0.25, -0.2) is 0 Å². The van der Waals surface area contributed by atoms with Crippen LogP contribution in [-0.2, 0) is 4.79 Å². The molecule has 1 amide bonds. The van der Waals surface area contributed by atoms with E-state index in [4.69, 9.17) is 5.73 Å². The third-order valence-corrected chi connectivity index (χ3v) is 1.15. The molecule has 0 saturated heterocycles. The van der Waals surface area contributed by atoms with E-state index < -0.39 is 6.04 Å². The molecule has 0 aromatic rings. The van der Waals surface area contributed by atoms with Crippen molar-refractivity contribution >= 4 is 5.91 Å². The highest BCUT2D eigenvalue weighted by atomic mass is 16.2. The van der Waals surface area contributed by atoms with Gasteiger partial charge in [-0.15, -0.1) is 6.58 Å². The molecule has 58 valence electrons. The molecule has 0 radical (unpaired) electrons. The number of rotatable bonds is 3. The van der Waals surface area contributed by atoms with Gasteiger partial charge in [0.2, 0.25) is 5.91 Å². The predicted molar refractivity (Wildman–Crippen MR) is 41.5 cm³/mol. The number of nitrogens with one attached hydrogen (secondary N) is 1. The fraction of sp³-hybridized carbons (Fsp3) is 0.571. The largest absolute Gasteiger partial charge is 0.358 e. The quantitative estimate of drug-likeness (QED) is 0.546. The fourth-order valence-electron chi connectivity index (χ4n) is 0.654. The smallest absolute Gasteiger partial charge is 0.236 e. The Morgan fingerprint density at radius 2 is 2.30 bits per heavy atom. The van der Waals surface area contributed by atoms with Gasteiger partial charge in [0, 0.05) is 7.05 Å². The molecule has 0 aliphatic carbocycles. The highest BCUT2D eigenvalue weighted by Crippen LogP contribution is 1.98. The second-order valence-electron chi connectivity index (χ2n) is 2.38. The van der Waals surface area contributed by atoms with Crippen LogP contribution < -0.4 is 11.1 Å². The van der Waals surface area contributed by atoms with Crippen LogP contribution in [-0.4, -0.2) is 19.0 Å². The first-order valence-corrected chi connectivity index (χ1v) is 3.19. The highest BCUT2D eigenvalue weighted by Gasteiger charge is 2.09. The molecule has 0 aromatic heterocycles. The van der Waals surface area contributed by atoms with Crippen LogP contribution in [0, 0.1) is 0 Å². The predicted octanol–water partition coefficient (Wildman–Crippen LogP) is 0.0259. The van der Waals surface area contributed by atoms with Gasteiger partial charge in [-0.3, -0.25) is 4.79 Å². The van der Waals surface area contributed by atoms with Crippen molar-refractivity contribution in [3.8, 4) is 0 Å². The van der Waals surface area contributed by atoms with Gasteiger partial charge in [-0.1, -0.05) is 5.57 Å². The van der Waals surface area contributed by atoms with Crippen LogP contribution >= 0.6 is 0 Å². The molecule has 0 bridgehead atoms. The van der Waals surface area contributed by atoms with E-state index in [1.807, 2.05) is 6.92 Å². The number of carbonyl (C=O) groups excluding carboxylic acids is 1. The van der Waals surface area contributed by atoms with Crippen molar-refractivity contribution in [3.05, 3.63) is 12.2 Å². The monoisotopic (exact) mass is 142 g/mol. The molecule has 1 atom stereocenters. The zero-order chi connectivity index (χ0) is 8.15. The molecule has 3 heteroatoms. The van der Waals surface area contributed by atoms with Crippen molar-refractivity contribution in [2.24, 2.45) is 5.73 Å². The summed E-state index contributed by atoms with van der Waals surface area (Å²) in [6.07, 6.45) is 0.555. The maximum absolute atomic E-state index is 10.8. The van der Waals surface area contributed by atoms with E-state index in [1.165, 1.54) is 0 Å². The van der Waals surface area contributed by atoms with Crippen molar-refractivity contribution in [3.63, 3.8) is 0 Å². The Labute approximate surface area is 61.3 Å². The van der Waals surface area contributed by atoms with Gasteiger partial charge in [-0.2, -0.15) is 0 Å². The summed E-state index contributed by atoms with van der Waals surface area (Å²) in [6.45, 7) is 5.50. The minimum Gasteiger partial charge on any atom is -0.358 e. The average Bonchev–Trinajstić information content (AvgIpc) is 1.85. The van der Waals surface area contributed by atoms with Gasteiger partial charge in [-0.05, 0) is 13.3 Å². The van der Waals surface area contributed by atoms with Crippen LogP contribution in [0.2, 0.25) is 0 Å². The Balaban J connectivity index is 3.72. The minimum atomic E-state index is -0.442. The van der Waals surface area contributed by atoms with Crippen LogP contribution in [0.25, 0.3) is 0 Å². The topological polar surface area (TPSA) is 55.1 Å². The normalized spacial score (nSPS) is 12.3. The maximum Gasteiger partial charge on any atom is 0.236 e. The lowest BCUT2D eigenvalue weighted by Gasteiger charge is -2.08. The van der Waals surface area contributed by atoms with E-state index in [0.29, 0.717) is 6.42 Å². The fourth-order valence-corrected chi connectivity index (χ4v) is 0.654. The van der Waals surface area contributed by atoms with Crippen LogP contribution in [0.3, 0.4) is 0 Å². The lowest BCUT2D eigenvalue weighted by molar-refractivity contribution is -0.121. The van der Waals surface area contributed by atoms with Crippen LogP contribution in [0.1, 0.15) is 13.3 Å². The van der Waals surface area contributed by atoms with Crippen molar-refractivity contribution < 1.29 is 4.79 Å². The third kappa shape index (κ3) is 3.25. The molecular formula is C7H14N2O. The van der Waals surface area contributed by atoms with Crippen molar-refractivity contribution in [2.45, 2.75) is 19.4 Å². The summed E-state index contributed by atoms with van der Waals surface area (Å²) in [4.78, 5) is 10.8. The number of hydrogen-bond donors (Lipinski definition) is 2. The van der Waals surface area contributed by atoms with Gasteiger partial charge in [0.15, 0.2) is 0 Å². The molecule has 0 aliphatic rings. The first-order valence-electron chi connectivity index (χ1n) is 3.19. The number of nitrogens with two attached hydrogens (primary N) is 1. The molecule has 0 aliphatic heterocycles. The summed E-state index contributed by atoms with van der Waals surface area (Å²) >= 11 is 0. The highest BCUT2D eigenvalue weighted by molar-refractivity contribution is 5.81. The molecule has 0 aromatic carbocycles. The standard InChI is InChI=1S/C7H14N2O/c1-5(2)4-6(8)7(10)9-3/h6H,1,4,8H2,2-3H3,(H,9,10)/t6-/m1/s1. The third-order valence-electron chi connectivity index (χ3n) is 1.15. The molecule has 0 heterocycles. The van der Waals surface area contributed by atoms with E-state index in [9.17, 15) is 4.79 Å². The second-order valence-corrected chi connectivity index (χ2v) is 2.38. The van der Waals surface area contributed by atoms with Crippen molar-refractivity contribution in [1.82, 2.24) is 5.32 Å². The van der Waals surface area contributed by atoms with E-state index in [-0.39, 0.29) is 5.91 Å². The Morgan fingerprint density at radius 1 is 1.80 bits per heavy atom. The van der Waals surface area contributed by atoms with Gasteiger partial charge in [0.25, 0.3) is 0 Å². The maximum atomic E-state index is 10.8. The zero-order valence-corrected chi connectivity index (χ0v) is 6.48. The molecule has 0 rings (SSSR count). The molecule has 10 heavy (non-hydrogen) atoms. The number of carbonyl (C=O) groups is 1. The summed E-state index contributed by atoms with van der Waals surface area (Å²) in [6, 6.07) is -0.442. The SMILES string of the molecule is C=C(C)C[C@@H](N)C(=O)NC. The van der Waals surface area contributed by atoms with Gasteiger partial charge in [0.05, 0.1) is 6.04 Å². The van der Waals surface area contributed by atoms with E-state index >= 15 is 0 Å². The molecular weight excluding hydrogens is 128 g/mol. The first-order chi connectivity index (χ1) is 4.57. The van der Waals surface area contributed by atoms with Crippen LogP contribution in [0.4, 0.5) is 0 Å². The molecule has 0 unspecified atom stereocenters. The van der Waals surface area contributed by atoms with Gasteiger partial charge in [0.1, 0.15) is 0 Å². The Morgan fingerprint density at radius 3 is 2.60 bits per heavy atom. The Kier molecular flexibility index (Phi) is 3.72. The molecule has 0 fully saturated rings. The molecule has 0 saturated carbocycles. The summed E-state index contributed by atoms with van der Waals surface area (Å²) < 4.78 is 0. The average molecular weight is 142 g/mol. The lowest BCUT2D eigenvalue weighted by Crippen LogP contribution is -2.38. The lowest BCUT2D eigenvalue weighted by atomic mass is 10.1. The van der Waals surface area contributed by atoms with E-state index in [2.05, 4.69) is 11.9 Å². The van der Waals surface area contributed by atoms with Crippen LogP contribution in [0.5, 0.6) is 0 Å². The van der Waals surface area contributed by atoms with Crippen LogP contribution in [0.15, 0.2) is 12.2 Å². The van der Waals surface area contributed by atoms with E-state index in [0.717, 1.165) is 5.57 Å². The zero-order valence-electron chi connectivity index (χ0n) is 6.48. The Bertz CT molecular complexity index is 143. The second kappa shape index (κ2) is 4.06. The molecule has 3 N–H and O–H groups in total. The summed E-state index contributed by atoms with van der Waals surface area (Å²) in [5, 5.41) is 2.47. The van der Waals surface area contributed by atoms with Gasteiger partial charge < -0.3 is 11.1 Å². The van der Waals surface area contributed by atoms with Gasteiger partial charge >= 0.3 is 0 Å². The summed E-state index contributed by atoms with van der Waals surface area (Å²) in [5.41, 5.74) is 6.38. The summed E-state index contributed by atoms with van der Waals surface area (Å²) in [7, 11) is 1.57. The Hall–Kier alpha value is -0.830. The number of amides is 1. The number of likely N-dealkylation sites (N-methyl/N-ethyl adjacent to an activating group) is 1. The van der Waals surface area contributed by atoms with E-state index in [1.54, 1.807) is 7.05 Å². The van der Waals surface area contributed by atoms with Crippen molar-refractivity contribution in [2.75, 3.05) is 7.05 Å².